The van der Waals surface area contributed by atoms with Crippen molar-refractivity contribution in [1.82, 2.24) is 0 Å². The van der Waals surface area contributed by atoms with Gasteiger partial charge in [0, 0.05) is 17.9 Å². The van der Waals surface area contributed by atoms with Crippen LogP contribution >= 0.6 is 0 Å². The number of hydrogen-bond donors (Lipinski definition) is 3. The Labute approximate surface area is 214 Å². The summed E-state index contributed by atoms with van der Waals surface area (Å²) < 4.78 is 5.52. The van der Waals surface area contributed by atoms with Gasteiger partial charge in [0.05, 0.1) is 23.9 Å². The summed E-state index contributed by atoms with van der Waals surface area (Å²) in [6.07, 6.45) is 9.26. The van der Waals surface area contributed by atoms with Crippen LogP contribution < -0.4 is 0 Å². The molecule has 0 aromatic heterocycles. The minimum atomic E-state index is -0.524. The Hall–Kier alpha value is -0.420. The van der Waals surface area contributed by atoms with Crippen molar-refractivity contribution in [3.8, 4) is 0 Å². The fourth-order valence-electron chi connectivity index (χ4n) is 9.77. The van der Waals surface area contributed by atoms with Crippen LogP contribution in [0.25, 0.3) is 0 Å². The van der Waals surface area contributed by atoms with Gasteiger partial charge in [0.2, 0.25) is 0 Å². The van der Waals surface area contributed by atoms with Gasteiger partial charge in [0.25, 0.3) is 0 Å². The highest BCUT2D eigenvalue weighted by molar-refractivity contribution is 5.31. The van der Waals surface area contributed by atoms with Gasteiger partial charge in [-0.15, -0.1) is 0 Å². The van der Waals surface area contributed by atoms with Gasteiger partial charge in [0.1, 0.15) is 0 Å². The fraction of sp³-hybridized carbons (Fsp3) is 0.935. The molecule has 0 unspecified atom stereocenters. The minimum absolute atomic E-state index is 0.0901. The van der Waals surface area contributed by atoms with Crippen molar-refractivity contribution in [2.45, 2.75) is 131 Å². The third-order valence-electron chi connectivity index (χ3n) is 12.9. The highest BCUT2D eigenvalue weighted by Crippen LogP contribution is 2.74. The van der Waals surface area contributed by atoms with Crippen LogP contribution in [0.1, 0.15) is 107 Å². The lowest BCUT2D eigenvalue weighted by Crippen LogP contribution is -2.64. The first-order valence-electron chi connectivity index (χ1n) is 14.4. The Kier molecular flexibility index (Phi) is 6.96. The van der Waals surface area contributed by atoms with E-state index in [0.29, 0.717) is 23.7 Å². The van der Waals surface area contributed by atoms with Gasteiger partial charge >= 0.3 is 0 Å². The third-order valence-corrected chi connectivity index (χ3v) is 12.9. The summed E-state index contributed by atoms with van der Waals surface area (Å²) in [5, 5.41) is 33.5. The summed E-state index contributed by atoms with van der Waals surface area (Å²) in [7, 11) is 1.68. The molecule has 202 valence electrons. The first kappa shape index (κ1) is 27.6. The van der Waals surface area contributed by atoms with Gasteiger partial charge in [-0.1, -0.05) is 53.2 Å². The summed E-state index contributed by atoms with van der Waals surface area (Å²) >= 11 is 0. The molecule has 4 aliphatic carbocycles. The van der Waals surface area contributed by atoms with Crippen molar-refractivity contribution in [3.05, 3.63) is 11.6 Å². The van der Waals surface area contributed by atoms with Gasteiger partial charge in [-0.3, -0.25) is 0 Å². The Morgan fingerprint density at radius 1 is 1.00 bits per heavy atom. The lowest BCUT2D eigenvalue weighted by atomic mass is 9.38. The van der Waals surface area contributed by atoms with E-state index in [9.17, 15) is 15.3 Å². The lowest BCUT2D eigenvalue weighted by Gasteiger charge is -2.67. The van der Waals surface area contributed by atoms with E-state index in [4.69, 9.17) is 4.74 Å². The minimum Gasteiger partial charge on any atom is -0.393 e. The maximum Gasteiger partial charge on any atom is 0.0880 e. The van der Waals surface area contributed by atoms with E-state index in [0.717, 1.165) is 38.5 Å². The highest BCUT2D eigenvalue weighted by Gasteiger charge is 2.70. The van der Waals surface area contributed by atoms with E-state index in [1.165, 1.54) is 18.4 Å². The number of aliphatic hydroxyl groups excluding tert-OH is 3. The molecule has 3 N–H and O–H groups in total. The van der Waals surface area contributed by atoms with Crippen molar-refractivity contribution in [2.75, 3.05) is 7.11 Å². The van der Waals surface area contributed by atoms with E-state index >= 15 is 0 Å². The summed E-state index contributed by atoms with van der Waals surface area (Å²) in [5.74, 6) is 1.87. The van der Waals surface area contributed by atoms with Crippen molar-refractivity contribution >= 4 is 0 Å². The van der Waals surface area contributed by atoms with Crippen molar-refractivity contribution < 1.29 is 20.1 Å². The molecular formula is C31H54O4. The molecule has 0 bridgehead atoms. The fourth-order valence-corrected chi connectivity index (χ4v) is 9.77. The van der Waals surface area contributed by atoms with Gasteiger partial charge < -0.3 is 20.1 Å². The molecule has 35 heavy (non-hydrogen) atoms. The quantitative estimate of drug-likeness (QED) is 0.392. The molecule has 0 radical (unpaired) electrons. The monoisotopic (exact) mass is 490 g/mol. The Bertz CT molecular complexity index is 832. The zero-order chi connectivity index (χ0) is 26.2. The second-order valence-electron chi connectivity index (χ2n) is 14.8. The van der Waals surface area contributed by atoms with Crippen molar-refractivity contribution in [2.24, 2.45) is 45.3 Å². The predicted molar refractivity (Wildman–Crippen MR) is 142 cm³/mol. The smallest absolute Gasteiger partial charge is 0.0880 e. The van der Waals surface area contributed by atoms with Crippen LogP contribution in [0.4, 0.5) is 0 Å². The van der Waals surface area contributed by atoms with Crippen LogP contribution in [0.3, 0.4) is 0 Å². The second-order valence-corrected chi connectivity index (χ2v) is 14.8. The lowest BCUT2D eigenvalue weighted by molar-refractivity contribution is -0.204. The molecule has 0 spiro atoms. The van der Waals surface area contributed by atoms with E-state index in [1.807, 2.05) is 13.8 Å². The second kappa shape index (κ2) is 8.82. The molecule has 4 aliphatic rings. The van der Waals surface area contributed by atoms with Crippen LogP contribution in [0.2, 0.25) is 0 Å². The van der Waals surface area contributed by atoms with E-state index in [-0.39, 0.29) is 33.9 Å². The summed E-state index contributed by atoms with van der Waals surface area (Å²) in [6, 6.07) is 0. The molecule has 3 saturated carbocycles. The number of hydrogen-bond acceptors (Lipinski definition) is 4. The number of allylic oxidation sites excluding steroid dienone is 1. The number of rotatable bonds is 6. The third kappa shape index (κ3) is 3.82. The van der Waals surface area contributed by atoms with Gasteiger partial charge in [0.15, 0.2) is 0 Å². The average Bonchev–Trinajstić information content (AvgIpc) is 3.05. The molecular weight excluding hydrogens is 436 g/mol. The van der Waals surface area contributed by atoms with E-state index in [2.05, 4.69) is 47.6 Å². The maximum absolute atomic E-state index is 12.0. The van der Waals surface area contributed by atoms with Gasteiger partial charge in [-0.25, -0.2) is 0 Å². The van der Waals surface area contributed by atoms with Gasteiger partial charge in [-0.2, -0.15) is 0 Å². The standard InChI is InChI=1S/C31H54O4/c1-19(10-14-25(33)28(4,5)35-9)20-16-17-29(6)23-13-11-21-22(12-15-24(32)27(21,2)3)31(23,8)26(34)18-30(20,29)7/h11,19-20,22-26,32-34H,10,12-18H2,1-9H3/t19-,20-,22-,23+,24+,25-,26-,29+,30-,31+/m1/s1. The summed E-state index contributed by atoms with van der Waals surface area (Å²) in [6.45, 7) is 18.1. The molecule has 0 amide bonds. The molecule has 3 fully saturated rings. The Morgan fingerprint density at radius 2 is 1.66 bits per heavy atom. The summed E-state index contributed by atoms with van der Waals surface area (Å²) in [4.78, 5) is 0. The number of methoxy groups -OCH3 is 1. The molecule has 4 heteroatoms. The predicted octanol–water partition coefficient (Wildman–Crippen LogP) is 6.13. The van der Waals surface area contributed by atoms with Crippen molar-refractivity contribution in [1.29, 1.82) is 0 Å². The first-order chi connectivity index (χ1) is 16.1. The topological polar surface area (TPSA) is 69.9 Å². The van der Waals surface area contributed by atoms with E-state index in [1.54, 1.807) is 7.11 Å². The number of ether oxygens (including phenoxy) is 1. The van der Waals surface area contributed by atoms with Crippen molar-refractivity contribution in [3.63, 3.8) is 0 Å². The number of aliphatic hydroxyl groups is 3. The molecule has 10 atom stereocenters. The zero-order valence-electron chi connectivity index (χ0n) is 24.0. The molecule has 4 nitrogen and oxygen atoms in total. The van der Waals surface area contributed by atoms with Crippen LogP contribution in [0.5, 0.6) is 0 Å². The molecule has 0 saturated heterocycles. The molecule has 0 aliphatic heterocycles. The Morgan fingerprint density at radius 3 is 2.29 bits per heavy atom. The van der Waals surface area contributed by atoms with Crippen LogP contribution in [0.15, 0.2) is 11.6 Å². The molecule has 4 rings (SSSR count). The first-order valence-corrected chi connectivity index (χ1v) is 14.4. The zero-order valence-corrected chi connectivity index (χ0v) is 24.0. The summed E-state index contributed by atoms with van der Waals surface area (Å²) in [5.41, 5.74) is 0.816. The van der Waals surface area contributed by atoms with E-state index < -0.39 is 11.7 Å². The average molecular weight is 491 g/mol. The largest absolute Gasteiger partial charge is 0.393 e. The van der Waals surface area contributed by atoms with Crippen LogP contribution in [-0.2, 0) is 4.74 Å². The highest BCUT2D eigenvalue weighted by atomic mass is 16.5. The maximum atomic E-state index is 12.0. The Balaban J connectivity index is 1.61. The van der Waals surface area contributed by atoms with Crippen LogP contribution in [-0.4, -0.2) is 46.3 Å². The number of fused-ring (bicyclic) bond motifs is 5. The molecule has 0 aromatic rings. The molecule has 0 aromatic carbocycles. The molecule has 0 heterocycles. The van der Waals surface area contributed by atoms with Gasteiger partial charge in [-0.05, 0) is 99.7 Å². The SMILES string of the molecule is COC(C)(C)[C@H](O)CC[C@@H](C)[C@H]1CC[C@@]2(C)[C@@H]3CC=C4[C@@H](CC[C@H](O)C4(C)C)[C@]3(C)[C@H](O)C[C@]12C. The van der Waals surface area contributed by atoms with Crippen LogP contribution in [0, 0.1) is 45.3 Å². The normalized spacial score (nSPS) is 46.7.